The van der Waals surface area contributed by atoms with Crippen molar-refractivity contribution in [3.63, 3.8) is 0 Å². The Balaban J connectivity index is 1.43. The third kappa shape index (κ3) is 5.34. The number of nitrogens with zero attached hydrogens (tertiary/aromatic N) is 3. The molecule has 5 nitrogen and oxygen atoms in total. The minimum atomic E-state index is 0.170. The molecule has 0 aromatic carbocycles. The van der Waals surface area contributed by atoms with Gasteiger partial charge in [-0.15, -0.1) is 11.3 Å². The normalized spacial score (nSPS) is 17.4. The molecule has 3 rings (SSSR count). The van der Waals surface area contributed by atoms with Gasteiger partial charge in [-0.05, 0) is 44.2 Å². The maximum absolute atomic E-state index is 12.3. The molecule has 25 heavy (non-hydrogen) atoms. The molecule has 3 heterocycles. The summed E-state index contributed by atoms with van der Waals surface area (Å²) in [6.45, 7) is 1.63. The Morgan fingerprint density at radius 3 is 3.08 bits per heavy atom. The Kier molecular flexibility index (Phi) is 6.53. The van der Waals surface area contributed by atoms with E-state index in [1.54, 1.807) is 17.5 Å². The minimum Gasteiger partial charge on any atom is -0.378 e. The molecular formula is C19H25N3O2S. The van der Waals surface area contributed by atoms with Crippen molar-refractivity contribution in [2.75, 3.05) is 20.2 Å². The molecule has 1 saturated heterocycles. The van der Waals surface area contributed by atoms with Crippen molar-refractivity contribution >= 4 is 17.2 Å². The van der Waals surface area contributed by atoms with Gasteiger partial charge in [0, 0.05) is 38.2 Å². The molecule has 1 aliphatic rings. The first-order chi connectivity index (χ1) is 12.2. The zero-order valence-corrected chi connectivity index (χ0v) is 15.5. The maximum atomic E-state index is 12.3. The first kappa shape index (κ1) is 18.0. The van der Waals surface area contributed by atoms with Crippen molar-refractivity contribution in [1.29, 1.82) is 0 Å². The van der Waals surface area contributed by atoms with Crippen LogP contribution in [-0.2, 0) is 16.0 Å². The average Bonchev–Trinajstić information content (AvgIpc) is 3.15. The number of aryl methyl sites for hydroxylation is 1. The molecule has 1 fully saturated rings. The van der Waals surface area contributed by atoms with Crippen molar-refractivity contribution in [3.8, 4) is 10.7 Å². The lowest BCUT2D eigenvalue weighted by molar-refractivity contribution is -0.130. The van der Waals surface area contributed by atoms with Crippen molar-refractivity contribution in [3.05, 3.63) is 35.5 Å². The van der Waals surface area contributed by atoms with Gasteiger partial charge in [-0.1, -0.05) is 6.07 Å². The Morgan fingerprint density at radius 1 is 1.40 bits per heavy atom. The molecule has 0 spiro atoms. The van der Waals surface area contributed by atoms with Crippen LogP contribution in [0.3, 0.4) is 0 Å². The van der Waals surface area contributed by atoms with E-state index in [1.165, 1.54) is 12.8 Å². The van der Waals surface area contributed by atoms with Gasteiger partial charge in [-0.2, -0.15) is 0 Å². The van der Waals surface area contributed by atoms with Gasteiger partial charge in [-0.25, -0.2) is 4.98 Å². The molecular weight excluding hydrogens is 334 g/mol. The summed E-state index contributed by atoms with van der Waals surface area (Å²) in [4.78, 5) is 23.0. The van der Waals surface area contributed by atoms with Crippen LogP contribution in [-0.4, -0.2) is 47.1 Å². The number of carbonyl (C=O) groups excluding carboxylic acids is 1. The molecule has 2 aromatic rings. The monoisotopic (exact) mass is 359 g/mol. The van der Waals surface area contributed by atoms with E-state index in [-0.39, 0.29) is 5.91 Å². The van der Waals surface area contributed by atoms with Crippen LogP contribution in [0.1, 0.15) is 37.8 Å². The predicted octanol–water partition coefficient (Wildman–Crippen LogP) is 3.56. The summed E-state index contributed by atoms with van der Waals surface area (Å²) in [7, 11) is 1.88. The summed E-state index contributed by atoms with van der Waals surface area (Å²) in [5, 5.41) is 2.93. The average molecular weight is 359 g/mol. The molecule has 0 bridgehead atoms. The van der Waals surface area contributed by atoms with E-state index >= 15 is 0 Å². The van der Waals surface area contributed by atoms with E-state index < -0.39 is 0 Å². The molecule has 1 unspecified atom stereocenters. The Bertz CT molecular complexity index is 668. The lowest BCUT2D eigenvalue weighted by atomic mass is 10.1. The van der Waals surface area contributed by atoms with Gasteiger partial charge < -0.3 is 9.64 Å². The lowest BCUT2D eigenvalue weighted by Gasteiger charge is -2.25. The smallest absolute Gasteiger partial charge is 0.222 e. The van der Waals surface area contributed by atoms with Gasteiger partial charge >= 0.3 is 0 Å². The zero-order valence-electron chi connectivity index (χ0n) is 14.7. The fourth-order valence-electron chi connectivity index (χ4n) is 2.95. The summed E-state index contributed by atoms with van der Waals surface area (Å²) in [5.41, 5.74) is 1.85. The third-order valence-corrected chi connectivity index (χ3v) is 5.43. The number of hydrogen-bond acceptors (Lipinski definition) is 5. The number of amides is 1. The van der Waals surface area contributed by atoms with Gasteiger partial charge in [0.1, 0.15) is 5.01 Å². The molecule has 2 aromatic heterocycles. The summed E-state index contributed by atoms with van der Waals surface area (Å²) in [6, 6.07) is 5.80. The van der Waals surface area contributed by atoms with Crippen molar-refractivity contribution in [2.24, 2.45) is 0 Å². The molecule has 6 heteroatoms. The van der Waals surface area contributed by atoms with Crippen LogP contribution in [0.25, 0.3) is 10.7 Å². The van der Waals surface area contributed by atoms with E-state index in [0.29, 0.717) is 18.9 Å². The Morgan fingerprint density at radius 2 is 2.32 bits per heavy atom. The molecule has 0 saturated carbocycles. The number of rotatable bonds is 7. The largest absolute Gasteiger partial charge is 0.378 e. The van der Waals surface area contributed by atoms with Crippen molar-refractivity contribution in [2.45, 2.75) is 44.6 Å². The van der Waals surface area contributed by atoms with E-state index in [9.17, 15) is 4.79 Å². The molecule has 0 N–H and O–H groups in total. The second kappa shape index (κ2) is 9.06. The highest BCUT2D eigenvalue weighted by atomic mass is 32.1. The molecule has 1 atom stereocenters. The minimum absolute atomic E-state index is 0.170. The first-order valence-corrected chi connectivity index (χ1v) is 9.82. The van der Waals surface area contributed by atoms with Crippen LogP contribution in [0.2, 0.25) is 0 Å². The molecule has 0 radical (unpaired) electrons. The second-order valence-corrected chi connectivity index (χ2v) is 7.31. The summed E-state index contributed by atoms with van der Waals surface area (Å²) in [5.74, 6) is 0.170. The van der Waals surface area contributed by atoms with Gasteiger partial charge in [-0.3, -0.25) is 9.78 Å². The fourth-order valence-corrected chi connectivity index (χ4v) is 3.78. The topological polar surface area (TPSA) is 55.3 Å². The lowest BCUT2D eigenvalue weighted by Crippen LogP contribution is -2.31. The first-order valence-electron chi connectivity index (χ1n) is 8.94. The quantitative estimate of drug-likeness (QED) is 0.758. The van der Waals surface area contributed by atoms with Gasteiger partial charge in [0.25, 0.3) is 0 Å². The summed E-state index contributed by atoms with van der Waals surface area (Å²) >= 11 is 1.58. The number of ether oxygens (including phenoxy) is 1. The van der Waals surface area contributed by atoms with Crippen molar-refractivity contribution < 1.29 is 9.53 Å². The fraction of sp³-hybridized carbons (Fsp3) is 0.526. The number of pyridine rings is 1. The van der Waals surface area contributed by atoms with Crippen LogP contribution < -0.4 is 0 Å². The SMILES string of the molecule is CN(CCC1CCCCO1)C(=O)CCc1csc(-c2ccccn2)n1. The van der Waals surface area contributed by atoms with E-state index in [0.717, 1.165) is 42.4 Å². The highest BCUT2D eigenvalue weighted by molar-refractivity contribution is 7.13. The predicted molar refractivity (Wildman–Crippen MR) is 99.5 cm³/mol. The second-order valence-electron chi connectivity index (χ2n) is 6.45. The van der Waals surface area contributed by atoms with Crippen LogP contribution >= 0.6 is 11.3 Å². The number of hydrogen-bond donors (Lipinski definition) is 0. The standard InChI is InChI=1S/C19H25N3O2S/c1-22(12-10-16-6-3-5-13-24-16)18(23)9-8-15-14-25-19(21-15)17-7-2-4-11-20-17/h2,4,7,11,14,16H,3,5-6,8-10,12-13H2,1H3. The number of thiazole rings is 1. The molecule has 1 aliphatic heterocycles. The molecule has 0 aliphatic carbocycles. The maximum Gasteiger partial charge on any atom is 0.222 e. The van der Waals surface area contributed by atoms with Crippen LogP contribution in [0, 0.1) is 0 Å². The van der Waals surface area contributed by atoms with Crippen LogP contribution in [0.15, 0.2) is 29.8 Å². The zero-order chi connectivity index (χ0) is 17.5. The van der Waals surface area contributed by atoms with E-state index in [2.05, 4.69) is 9.97 Å². The van der Waals surface area contributed by atoms with E-state index in [1.807, 2.05) is 35.5 Å². The number of carbonyl (C=O) groups is 1. The highest BCUT2D eigenvalue weighted by Gasteiger charge is 2.16. The highest BCUT2D eigenvalue weighted by Crippen LogP contribution is 2.22. The third-order valence-electron chi connectivity index (χ3n) is 4.52. The van der Waals surface area contributed by atoms with Crippen molar-refractivity contribution in [1.82, 2.24) is 14.9 Å². The summed E-state index contributed by atoms with van der Waals surface area (Å²) < 4.78 is 5.73. The number of aromatic nitrogens is 2. The van der Waals surface area contributed by atoms with Crippen LogP contribution in [0.5, 0.6) is 0 Å². The van der Waals surface area contributed by atoms with Gasteiger partial charge in [0.2, 0.25) is 5.91 Å². The Labute approximate surface area is 153 Å². The van der Waals surface area contributed by atoms with Crippen LogP contribution in [0.4, 0.5) is 0 Å². The Hall–Kier alpha value is -1.79. The molecule has 1 amide bonds. The summed E-state index contributed by atoms with van der Waals surface area (Å²) in [6.07, 6.45) is 7.72. The van der Waals surface area contributed by atoms with Gasteiger partial charge in [0.15, 0.2) is 0 Å². The molecule has 134 valence electrons. The van der Waals surface area contributed by atoms with E-state index in [4.69, 9.17) is 4.74 Å². The van der Waals surface area contributed by atoms with Gasteiger partial charge in [0.05, 0.1) is 17.5 Å².